The number of aryl methyl sites for hydroxylation is 2. The number of ether oxygens (including phenoxy) is 1. The summed E-state index contributed by atoms with van der Waals surface area (Å²) in [6, 6.07) is 5.21. The van der Waals surface area contributed by atoms with Gasteiger partial charge in [0.15, 0.2) is 16.4 Å². The number of carbonyl (C=O) groups excluding carboxylic acids is 2. The van der Waals surface area contributed by atoms with Crippen LogP contribution in [0, 0.1) is 13.8 Å². The van der Waals surface area contributed by atoms with E-state index in [9.17, 15) is 18.0 Å². The molecule has 0 aromatic heterocycles. The molecule has 1 saturated heterocycles. The van der Waals surface area contributed by atoms with Gasteiger partial charge in [-0.25, -0.2) is 13.2 Å². The van der Waals surface area contributed by atoms with Crippen molar-refractivity contribution in [2.75, 3.05) is 18.1 Å². The average molecular weight is 365 g/mol. The average Bonchev–Trinajstić information content (AvgIpc) is 3.27. The summed E-state index contributed by atoms with van der Waals surface area (Å²) in [5.41, 5.74) is 2.33. The largest absolute Gasteiger partial charge is 0.452 e. The van der Waals surface area contributed by atoms with E-state index in [2.05, 4.69) is 0 Å². The lowest BCUT2D eigenvalue weighted by molar-refractivity contribution is -0.137. The number of nitrogens with zero attached hydrogens (tertiary/aromatic N) is 1. The fraction of sp³-hybridized carbons (Fsp3) is 0.556. The van der Waals surface area contributed by atoms with Crippen LogP contribution in [0.5, 0.6) is 0 Å². The number of rotatable bonds is 5. The minimum atomic E-state index is -3.07. The molecule has 6 nitrogen and oxygen atoms in total. The van der Waals surface area contributed by atoms with E-state index in [0.29, 0.717) is 12.0 Å². The van der Waals surface area contributed by atoms with Crippen molar-refractivity contribution in [3.8, 4) is 0 Å². The van der Waals surface area contributed by atoms with E-state index in [-0.39, 0.29) is 36.1 Å². The topological polar surface area (TPSA) is 80.8 Å². The van der Waals surface area contributed by atoms with Crippen LogP contribution in [0.2, 0.25) is 0 Å². The smallest absolute Gasteiger partial charge is 0.338 e. The van der Waals surface area contributed by atoms with Gasteiger partial charge in [0.05, 0.1) is 17.1 Å². The van der Waals surface area contributed by atoms with E-state index in [1.807, 2.05) is 19.9 Å². The molecule has 1 unspecified atom stereocenters. The van der Waals surface area contributed by atoms with Gasteiger partial charge >= 0.3 is 5.97 Å². The third kappa shape index (κ3) is 4.39. The Morgan fingerprint density at radius 1 is 1.08 bits per heavy atom. The molecule has 0 N–H and O–H groups in total. The van der Waals surface area contributed by atoms with Gasteiger partial charge in [-0.1, -0.05) is 17.2 Å². The van der Waals surface area contributed by atoms with Gasteiger partial charge in [0.25, 0.3) is 5.91 Å². The van der Waals surface area contributed by atoms with Gasteiger partial charge in [-0.3, -0.25) is 4.79 Å². The van der Waals surface area contributed by atoms with Gasteiger partial charge in [-0.15, -0.1) is 0 Å². The number of carbonyl (C=O) groups is 2. The molecule has 1 heterocycles. The molecule has 7 heteroatoms. The monoisotopic (exact) mass is 365 g/mol. The minimum Gasteiger partial charge on any atom is -0.452 e. The number of benzene rings is 1. The predicted octanol–water partition coefficient (Wildman–Crippen LogP) is 1.64. The SMILES string of the molecule is Cc1cc(C)cc(C(=O)OCC(=O)N(C2CC2)C2CCS(=O)(=O)C2)c1. The molecule has 2 fully saturated rings. The summed E-state index contributed by atoms with van der Waals surface area (Å²) in [6.07, 6.45) is 2.23. The quantitative estimate of drug-likeness (QED) is 0.741. The number of amides is 1. The number of sulfone groups is 1. The molecular weight excluding hydrogens is 342 g/mol. The van der Waals surface area contributed by atoms with Gasteiger partial charge in [0.1, 0.15) is 0 Å². The molecule has 1 aliphatic carbocycles. The van der Waals surface area contributed by atoms with Crippen molar-refractivity contribution in [3.05, 3.63) is 34.9 Å². The summed E-state index contributed by atoms with van der Waals surface area (Å²) < 4.78 is 28.6. The second kappa shape index (κ2) is 6.78. The molecule has 1 aliphatic heterocycles. The Morgan fingerprint density at radius 2 is 1.72 bits per heavy atom. The highest BCUT2D eigenvalue weighted by molar-refractivity contribution is 7.91. The Hall–Kier alpha value is -1.89. The van der Waals surface area contributed by atoms with Crippen LogP contribution in [-0.4, -0.2) is 55.4 Å². The maximum Gasteiger partial charge on any atom is 0.338 e. The number of hydrogen-bond acceptors (Lipinski definition) is 5. The second-order valence-corrected chi connectivity index (χ2v) is 9.27. The van der Waals surface area contributed by atoms with Crippen molar-refractivity contribution in [3.63, 3.8) is 0 Å². The Kier molecular flexibility index (Phi) is 4.86. The summed E-state index contributed by atoms with van der Waals surface area (Å²) >= 11 is 0. The van der Waals surface area contributed by atoms with Crippen LogP contribution in [0.4, 0.5) is 0 Å². The van der Waals surface area contributed by atoms with Crippen LogP contribution < -0.4 is 0 Å². The normalized spacial score (nSPS) is 21.8. The van der Waals surface area contributed by atoms with Crippen molar-refractivity contribution in [2.45, 2.75) is 45.2 Å². The van der Waals surface area contributed by atoms with Crippen molar-refractivity contribution in [2.24, 2.45) is 0 Å². The van der Waals surface area contributed by atoms with Crippen LogP contribution in [0.1, 0.15) is 40.7 Å². The molecule has 3 rings (SSSR count). The van der Waals surface area contributed by atoms with E-state index in [1.165, 1.54) is 0 Å². The van der Waals surface area contributed by atoms with Gasteiger partial charge < -0.3 is 9.64 Å². The summed E-state index contributed by atoms with van der Waals surface area (Å²) in [5.74, 6) is -0.700. The molecule has 1 aromatic carbocycles. The Balaban J connectivity index is 1.63. The molecule has 1 amide bonds. The van der Waals surface area contributed by atoms with Crippen LogP contribution in [0.25, 0.3) is 0 Å². The number of hydrogen-bond donors (Lipinski definition) is 0. The van der Waals surface area contributed by atoms with E-state index in [0.717, 1.165) is 24.0 Å². The van der Waals surface area contributed by atoms with Gasteiger partial charge in [0, 0.05) is 12.1 Å². The molecule has 1 aromatic rings. The third-order valence-electron chi connectivity index (χ3n) is 4.61. The van der Waals surface area contributed by atoms with Gasteiger partial charge in [0.2, 0.25) is 0 Å². The summed E-state index contributed by atoms with van der Waals surface area (Å²) in [7, 11) is -3.07. The lowest BCUT2D eigenvalue weighted by atomic mass is 10.1. The molecule has 0 radical (unpaired) electrons. The van der Waals surface area contributed by atoms with Gasteiger partial charge in [-0.05, 0) is 45.2 Å². The van der Waals surface area contributed by atoms with E-state index in [4.69, 9.17) is 4.74 Å². The van der Waals surface area contributed by atoms with Crippen LogP contribution in [0.3, 0.4) is 0 Å². The Bertz CT molecular complexity index is 777. The van der Waals surface area contributed by atoms with Crippen molar-refractivity contribution in [1.29, 1.82) is 0 Å². The highest BCUT2D eigenvalue weighted by atomic mass is 32.2. The lowest BCUT2D eigenvalue weighted by Gasteiger charge is -2.28. The fourth-order valence-corrected chi connectivity index (χ4v) is 5.14. The zero-order chi connectivity index (χ0) is 18.2. The first-order valence-corrected chi connectivity index (χ1v) is 10.3. The molecule has 136 valence electrons. The standard InChI is InChI=1S/C18H23NO5S/c1-12-7-13(2)9-14(8-12)18(21)24-10-17(20)19(15-3-4-15)16-5-6-25(22,23)11-16/h7-9,15-16H,3-6,10-11H2,1-2H3. The molecule has 0 bridgehead atoms. The molecule has 2 aliphatic rings. The summed E-state index contributed by atoms with van der Waals surface area (Å²) in [6.45, 7) is 3.44. The Labute approximate surface area is 148 Å². The zero-order valence-electron chi connectivity index (χ0n) is 14.5. The summed E-state index contributed by atoms with van der Waals surface area (Å²) in [4.78, 5) is 26.4. The van der Waals surface area contributed by atoms with Crippen molar-refractivity contribution >= 4 is 21.7 Å². The minimum absolute atomic E-state index is 0.0141. The third-order valence-corrected chi connectivity index (χ3v) is 6.36. The maximum atomic E-state index is 12.5. The summed E-state index contributed by atoms with van der Waals surface area (Å²) in [5, 5.41) is 0. The highest BCUT2D eigenvalue weighted by Gasteiger charge is 2.42. The predicted molar refractivity (Wildman–Crippen MR) is 93.1 cm³/mol. The first-order valence-electron chi connectivity index (χ1n) is 8.52. The lowest BCUT2D eigenvalue weighted by Crippen LogP contribution is -2.44. The molecular formula is C18H23NO5S. The van der Waals surface area contributed by atoms with Crippen LogP contribution in [-0.2, 0) is 19.4 Å². The maximum absolute atomic E-state index is 12.5. The van der Waals surface area contributed by atoms with E-state index in [1.54, 1.807) is 17.0 Å². The molecule has 25 heavy (non-hydrogen) atoms. The van der Waals surface area contributed by atoms with Crippen molar-refractivity contribution < 1.29 is 22.7 Å². The van der Waals surface area contributed by atoms with Crippen molar-refractivity contribution in [1.82, 2.24) is 4.90 Å². The van der Waals surface area contributed by atoms with Gasteiger partial charge in [-0.2, -0.15) is 0 Å². The first kappa shape index (κ1) is 17.9. The molecule has 1 atom stereocenters. The fourth-order valence-electron chi connectivity index (χ4n) is 3.43. The number of esters is 1. The van der Waals surface area contributed by atoms with Crippen LogP contribution >= 0.6 is 0 Å². The van der Waals surface area contributed by atoms with E-state index >= 15 is 0 Å². The van der Waals surface area contributed by atoms with Crippen LogP contribution in [0.15, 0.2) is 18.2 Å². The molecule has 1 saturated carbocycles. The highest BCUT2D eigenvalue weighted by Crippen LogP contribution is 2.32. The second-order valence-electron chi connectivity index (χ2n) is 7.04. The molecule has 0 spiro atoms. The van der Waals surface area contributed by atoms with E-state index < -0.39 is 15.8 Å². The Morgan fingerprint density at radius 3 is 2.24 bits per heavy atom. The zero-order valence-corrected chi connectivity index (χ0v) is 15.3. The first-order chi connectivity index (χ1) is 11.7.